The number of benzene rings is 1. The number of carbonyl (C=O) groups excluding carboxylic acids is 1. The summed E-state index contributed by atoms with van der Waals surface area (Å²) in [6, 6.07) is 6.27. The van der Waals surface area contributed by atoms with Gasteiger partial charge in [0.25, 0.3) is 5.91 Å². The third-order valence-electron chi connectivity index (χ3n) is 2.19. The van der Waals surface area contributed by atoms with Crippen molar-refractivity contribution in [2.75, 3.05) is 18.6 Å². The summed E-state index contributed by atoms with van der Waals surface area (Å²) in [6.07, 6.45) is 4.21. The van der Waals surface area contributed by atoms with E-state index in [2.05, 4.69) is 11.6 Å². The molecule has 4 heteroatoms. The highest BCUT2D eigenvalue weighted by atomic mass is 32.2. The van der Waals surface area contributed by atoms with Crippen LogP contribution in [0.5, 0.6) is 5.75 Å². The Morgan fingerprint density at radius 2 is 2.00 bits per heavy atom. The lowest BCUT2D eigenvalue weighted by Crippen LogP contribution is -2.24. The number of unbranched alkanes of at least 4 members (excludes halogenated alkanes) is 1. The minimum absolute atomic E-state index is 0.0795. The van der Waals surface area contributed by atoms with Crippen LogP contribution in [-0.2, 0) is 0 Å². The zero-order valence-electron chi connectivity index (χ0n) is 9.40. The lowest BCUT2D eigenvalue weighted by Gasteiger charge is -2.04. The van der Waals surface area contributed by atoms with Gasteiger partial charge >= 0.3 is 0 Å². The number of carbonyl (C=O) groups is 1. The summed E-state index contributed by atoms with van der Waals surface area (Å²) in [7, 11) is 0. The quantitative estimate of drug-likeness (QED) is 0.749. The molecular formula is C12H17NO2S. The van der Waals surface area contributed by atoms with Gasteiger partial charge < -0.3 is 10.4 Å². The van der Waals surface area contributed by atoms with Crippen molar-refractivity contribution in [3.8, 4) is 5.75 Å². The molecule has 0 aliphatic rings. The lowest BCUT2D eigenvalue weighted by molar-refractivity contribution is 0.0953. The normalized spacial score (nSPS) is 10.1. The number of thioether (sulfide) groups is 1. The van der Waals surface area contributed by atoms with Crippen LogP contribution in [0.4, 0.5) is 0 Å². The molecule has 0 saturated heterocycles. The maximum absolute atomic E-state index is 11.6. The summed E-state index contributed by atoms with van der Waals surface area (Å²) in [5.74, 6) is 1.23. The van der Waals surface area contributed by atoms with Crippen LogP contribution in [0.15, 0.2) is 24.3 Å². The third kappa shape index (κ3) is 4.57. The molecule has 0 radical (unpaired) electrons. The van der Waals surface area contributed by atoms with Crippen LogP contribution in [0, 0.1) is 0 Å². The Morgan fingerprint density at radius 1 is 1.31 bits per heavy atom. The van der Waals surface area contributed by atoms with E-state index < -0.39 is 0 Å². The van der Waals surface area contributed by atoms with Gasteiger partial charge in [0.15, 0.2) is 0 Å². The van der Waals surface area contributed by atoms with Gasteiger partial charge in [0, 0.05) is 12.1 Å². The molecule has 0 bridgehead atoms. The summed E-state index contributed by atoms with van der Waals surface area (Å²) in [4.78, 5) is 11.6. The average Bonchev–Trinajstić information content (AvgIpc) is 2.29. The Bertz CT molecular complexity index is 324. The fourth-order valence-electron chi connectivity index (χ4n) is 1.29. The first-order valence-electron chi connectivity index (χ1n) is 5.30. The summed E-state index contributed by atoms with van der Waals surface area (Å²) in [5.41, 5.74) is 0.586. The Kier molecular flexibility index (Phi) is 5.78. The molecule has 0 saturated carbocycles. The Balaban J connectivity index is 2.27. The van der Waals surface area contributed by atoms with Crippen LogP contribution in [-0.4, -0.2) is 29.6 Å². The predicted molar refractivity (Wildman–Crippen MR) is 68.1 cm³/mol. The molecule has 16 heavy (non-hydrogen) atoms. The molecule has 0 aromatic heterocycles. The van der Waals surface area contributed by atoms with E-state index in [9.17, 15) is 4.79 Å². The molecule has 0 unspecified atom stereocenters. The van der Waals surface area contributed by atoms with Gasteiger partial charge in [-0.05, 0) is 49.1 Å². The molecule has 1 aromatic rings. The summed E-state index contributed by atoms with van der Waals surface area (Å²) >= 11 is 1.82. The molecule has 1 aromatic carbocycles. The molecule has 3 nitrogen and oxygen atoms in total. The molecule has 0 fully saturated rings. The summed E-state index contributed by atoms with van der Waals surface area (Å²) in [5, 5.41) is 11.9. The van der Waals surface area contributed by atoms with Crippen molar-refractivity contribution in [1.82, 2.24) is 5.32 Å². The summed E-state index contributed by atoms with van der Waals surface area (Å²) < 4.78 is 0. The fraction of sp³-hybridized carbons (Fsp3) is 0.417. The smallest absolute Gasteiger partial charge is 0.251 e. The average molecular weight is 239 g/mol. The Labute approximate surface area is 100 Å². The molecule has 0 aliphatic carbocycles. The number of hydrogen-bond acceptors (Lipinski definition) is 3. The van der Waals surface area contributed by atoms with E-state index in [0.29, 0.717) is 12.1 Å². The number of rotatable bonds is 6. The Morgan fingerprint density at radius 3 is 2.62 bits per heavy atom. The zero-order chi connectivity index (χ0) is 11.8. The van der Waals surface area contributed by atoms with E-state index >= 15 is 0 Å². The van der Waals surface area contributed by atoms with Gasteiger partial charge in [-0.3, -0.25) is 4.79 Å². The van der Waals surface area contributed by atoms with Crippen molar-refractivity contribution < 1.29 is 9.90 Å². The number of aromatic hydroxyl groups is 1. The predicted octanol–water partition coefficient (Wildman–Crippen LogP) is 2.27. The second-order valence-corrected chi connectivity index (χ2v) is 4.49. The van der Waals surface area contributed by atoms with E-state index in [1.54, 1.807) is 12.1 Å². The van der Waals surface area contributed by atoms with Gasteiger partial charge in [0.05, 0.1) is 0 Å². The highest BCUT2D eigenvalue weighted by Crippen LogP contribution is 2.09. The molecular weight excluding hydrogens is 222 g/mol. The molecule has 0 atom stereocenters. The number of phenolic OH excluding ortho intramolecular Hbond substituents is 1. The van der Waals surface area contributed by atoms with Crippen molar-refractivity contribution in [1.29, 1.82) is 0 Å². The van der Waals surface area contributed by atoms with Gasteiger partial charge in [-0.1, -0.05) is 0 Å². The maximum Gasteiger partial charge on any atom is 0.251 e. The van der Waals surface area contributed by atoms with Crippen molar-refractivity contribution in [3.05, 3.63) is 29.8 Å². The minimum Gasteiger partial charge on any atom is -0.508 e. The van der Waals surface area contributed by atoms with Gasteiger partial charge in [-0.15, -0.1) is 0 Å². The SMILES string of the molecule is CSCCCCNC(=O)c1ccc(O)cc1. The first kappa shape index (κ1) is 12.9. The molecule has 0 aliphatic heterocycles. The third-order valence-corrected chi connectivity index (χ3v) is 2.89. The first-order valence-corrected chi connectivity index (χ1v) is 6.69. The van der Waals surface area contributed by atoms with Gasteiger partial charge in [-0.2, -0.15) is 11.8 Å². The second kappa shape index (κ2) is 7.17. The molecule has 0 heterocycles. The van der Waals surface area contributed by atoms with Crippen LogP contribution in [0.1, 0.15) is 23.2 Å². The second-order valence-electron chi connectivity index (χ2n) is 3.50. The van der Waals surface area contributed by atoms with Gasteiger partial charge in [0.2, 0.25) is 0 Å². The topological polar surface area (TPSA) is 49.3 Å². The molecule has 0 spiro atoms. The molecule has 88 valence electrons. The van der Waals surface area contributed by atoms with Crippen molar-refractivity contribution in [3.63, 3.8) is 0 Å². The largest absolute Gasteiger partial charge is 0.508 e. The van der Waals surface area contributed by atoms with E-state index in [1.807, 2.05) is 11.8 Å². The molecule has 2 N–H and O–H groups in total. The van der Waals surface area contributed by atoms with Crippen LogP contribution >= 0.6 is 11.8 Å². The highest BCUT2D eigenvalue weighted by molar-refractivity contribution is 7.98. The highest BCUT2D eigenvalue weighted by Gasteiger charge is 2.03. The van der Waals surface area contributed by atoms with Crippen LogP contribution in [0.2, 0.25) is 0 Å². The van der Waals surface area contributed by atoms with Crippen LogP contribution in [0.25, 0.3) is 0 Å². The fourth-order valence-corrected chi connectivity index (χ4v) is 1.78. The standard InChI is InChI=1S/C12H17NO2S/c1-16-9-3-2-8-13-12(15)10-4-6-11(14)7-5-10/h4-7,14H,2-3,8-9H2,1H3,(H,13,15). The van der Waals surface area contributed by atoms with E-state index in [4.69, 9.17) is 5.11 Å². The minimum atomic E-state index is -0.0795. The maximum atomic E-state index is 11.6. The number of nitrogens with one attached hydrogen (secondary N) is 1. The number of hydrogen-bond donors (Lipinski definition) is 2. The lowest BCUT2D eigenvalue weighted by atomic mass is 10.2. The van der Waals surface area contributed by atoms with Gasteiger partial charge in [-0.25, -0.2) is 0 Å². The van der Waals surface area contributed by atoms with Crippen molar-refractivity contribution >= 4 is 17.7 Å². The van der Waals surface area contributed by atoms with E-state index in [-0.39, 0.29) is 11.7 Å². The van der Waals surface area contributed by atoms with E-state index in [0.717, 1.165) is 18.6 Å². The number of amides is 1. The first-order chi connectivity index (χ1) is 7.74. The molecule has 1 rings (SSSR count). The summed E-state index contributed by atoms with van der Waals surface area (Å²) in [6.45, 7) is 0.709. The molecule has 1 amide bonds. The van der Waals surface area contributed by atoms with Gasteiger partial charge in [0.1, 0.15) is 5.75 Å². The zero-order valence-corrected chi connectivity index (χ0v) is 10.2. The number of phenols is 1. The van der Waals surface area contributed by atoms with E-state index in [1.165, 1.54) is 12.1 Å². The van der Waals surface area contributed by atoms with Crippen molar-refractivity contribution in [2.24, 2.45) is 0 Å². The Hall–Kier alpha value is -1.16. The monoisotopic (exact) mass is 239 g/mol. The van der Waals surface area contributed by atoms with Crippen molar-refractivity contribution in [2.45, 2.75) is 12.8 Å². The van der Waals surface area contributed by atoms with Crippen LogP contribution in [0.3, 0.4) is 0 Å². The van der Waals surface area contributed by atoms with Crippen LogP contribution < -0.4 is 5.32 Å².